The summed E-state index contributed by atoms with van der Waals surface area (Å²) in [4.78, 5) is 44.2. The highest BCUT2D eigenvalue weighted by Crippen LogP contribution is 2.53. The van der Waals surface area contributed by atoms with Crippen molar-refractivity contribution in [2.24, 2.45) is 11.7 Å². The maximum Gasteiger partial charge on any atom is 0.338 e. The Balaban J connectivity index is 1.86. The molecule has 0 saturated carbocycles. The molecule has 2 aromatic carbocycles. The van der Waals surface area contributed by atoms with E-state index >= 15 is 4.39 Å². The van der Waals surface area contributed by atoms with Crippen LogP contribution in [0, 0.1) is 18.7 Å². The predicted molar refractivity (Wildman–Crippen MR) is 159 cm³/mol. The van der Waals surface area contributed by atoms with Crippen LogP contribution in [-0.2, 0) is 23.9 Å². The number of ether oxygens (including phenoxy) is 2. The van der Waals surface area contributed by atoms with Gasteiger partial charge < -0.3 is 15.2 Å². The maximum atomic E-state index is 15.6. The zero-order chi connectivity index (χ0) is 30.1. The Morgan fingerprint density at radius 1 is 1.07 bits per heavy atom. The van der Waals surface area contributed by atoms with Gasteiger partial charge in [-0.3, -0.25) is 14.5 Å². The van der Waals surface area contributed by atoms with Crippen molar-refractivity contribution in [2.45, 2.75) is 39.0 Å². The first-order valence-electron chi connectivity index (χ1n) is 13.6. The van der Waals surface area contributed by atoms with E-state index in [1.54, 1.807) is 49.9 Å². The second kappa shape index (κ2) is 12.1. The Hall–Kier alpha value is -3.95. The number of anilines is 1. The molecule has 0 fully saturated rings. The Labute approximate surface area is 252 Å². The first-order chi connectivity index (χ1) is 20.2. The molecule has 0 spiro atoms. The minimum Gasteiger partial charge on any atom is -0.465 e. The summed E-state index contributed by atoms with van der Waals surface area (Å²) in [6.07, 6.45) is 0.193. The Bertz CT molecular complexity index is 1620. The normalized spacial score (nSPS) is 20.5. The van der Waals surface area contributed by atoms with Crippen molar-refractivity contribution < 1.29 is 28.2 Å². The van der Waals surface area contributed by atoms with Crippen LogP contribution in [0.4, 0.5) is 10.1 Å². The average molecular weight is 609 g/mol. The van der Waals surface area contributed by atoms with Crippen LogP contribution in [0.25, 0.3) is 0 Å². The van der Waals surface area contributed by atoms with Gasteiger partial charge in [0.2, 0.25) is 0 Å². The molecule has 0 bridgehead atoms. The van der Waals surface area contributed by atoms with E-state index in [1.807, 2.05) is 17.5 Å². The van der Waals surface area contributed by atoms with Gasteiger partial charge in [0, 0.05) is 32.7 Å². The molecule has 0 amide bonds. The summed E-state index contributed by atoms with van der Waals surface area (Å²) in [6.45, 7) is 5.23. The molecule has 2 N–H and O–H groups in total. The summed E-state index contributed by atoms with van der Waals surface area (Å²) in [7, 11) is 0. The standard InChI is InChI=1S/C32H30ClFN2O5S/c1-4-40-31(38)26-19(24-14-9-15-42-24)16-23-27(29(26)37)25(18-10-6-7-12-21(18)34)28(32(39)41-5-2)30(35)36(23)22-13-8-11-20(33)17(22)3/h6-15,19,25-26H,4-5,16,35H2,1-3H3/t19-,25-,26-/m0/s1. The highest BCUT2D eigenvalue weighted by atomic mass is 35.5. The highest BCUT2D eigenvalue weighted by Gasteiger charge is 2.52. The Morgan fingerprint density at radius 3 is 2.48 bits per heavy atom. The monoisotopic (exact) mass is 608 g/mol. The van der Waals surface area contributed by atoms with Crippen molar-refractivity contribution in [3.8, 4) is 0 Å². The van der Waals surface area contributed by atoms with Gasteiger partial charge in [-0.25, -0.2) is 9.18 Å². The van der Waals surface area contributed by atoms with Gasteiger partial charge in [0.05, 0.1) is 30.4 Å². The zero-order valence-corrected chi connectivity index (χ0v) is 24.9. The van der Waals surface area contributed by atoms with Crippen molar-refractivity contribution in [2.75, 3.05) is 18.1 Å². The second-order valence-corrected chi connectivity index (χ2v) is 11.4. The van der Waals surface area contributed by atoms with Crippen molar-refractivity contribution in [1.82, 2.24) is 0 Å². The molecule has 1 aromatic heterocycles. The van der Waals surface area contributed by atoms with Gasteiger partial charge in [-0.15, -0.1) is 11.3 Å². The van der Waals surface area contributed by atoms with E-state index in [9.17, 15) is 14.4 Å². The fourth-order valence-corrected chi connectivity index (χ4v) is 6.88. The minimum atomic E-state index is -1.22. The summed E-state index contributed by atoms with van der Waals surface area (Å²) in [5.41, 5.74) is 8.60. The lowest BCUT2D eigenvalue weighted by Crippen LogP contribution is -2.46. The van der Waals surface area contributed by atoms with Gasteiger partial charge in [0.25, 0.3) is 0 Å². The molecular weight excluding hydrogens is 579 g/mol. The second-order valence-electron chi connectivity index (χ2n) is 9.97. The van der Waals surface area contributed by atoms with Crippen LogP contribution in [0.2, 0.25) is 5.02 Å². The first-order valence-corrected chi connectivity index (χ1v) is 14.9. The number of carbonyl (C=O) groups excluding carboxylic acids is 3. The van der Waals surface area contributed by atoms with E-state index in [0.29, 0.717) is 22.0 Å². The van der Waals surface area contributed by atoms with Crippen molar-refractivity contribution in [1.29, 1.82) is 0 Å². The topological polar surface area (TPSA) is 98.9 Å². The number of nitrogens with two attached hydrogens (primary N) is 1. The summed E-state index contributed by atoms with van der Waals surface area (Å²) < 4.78 is 26.4. The predicted octanol–water partition coefficient (Wildman–Crippen LogP) is 6.38. The number of Topliss-reactive ketones (excluding diaryl/α,β-unsaturated/α-hetero) is 1. The molecule has 0 radical (unpaired) electrons. The number of ketones is 1. The van der Waals surface area contributed by atoms with Crippen LogP contribution >= 0.6 is 22.9 Å². The van der Waals surface area contributed by atoms with Crippen molar-refractivity contribution in [3.05, 3.63) is 109 Å². The maximum absolute atomic E-state index is 15.6. The fourth-order valence-electron chi connectivity index (χ4n) is 5.84. The molecule has 7 nitrogen and oxygen atoms in total. The molecule has 0 saturated heterocycles. The van der Waals surface area contributed by atoms with Gasteiger partial charge in [0.15, 0.2) is 5.78 Å². The zero-order valence-electron chi connectivity index (χ0n) is 23.4. The Morgan fingerprint density at radius 2 is 1.81 bits per heavy atom. The lowest BCUT2D eigenvalue weighted by Gasteiger charge is -2.44. The molecule has 10 heteroatoms. The molecule has 3 aromatic rings. The summed E-state index contributed by atoms with van der Waals surface area (Å²) >= 11 is 7.95. The summed E-state index contributed by atoms with van der Waals surface area (Å²) in [6, 6.07) is 14.9. The van der Waals surface area contributed by atoms with Crippen LogP contribution in [0.5, 0.6) is 0 Å². The lowest BCUT2D eigenvalue weighted by atomic mass is 9.68. The van der Waals surface area contributed by atoms with E-state index in [-0.39, 0.29) is 42.2 Å². The summed E-state index contributed by atoms with van der Waals surface area (Å²) in [5.74, 6) is -5.65. The third kappa shape index (κ3) is 5.01. The highest BCUT2D eigenvalue weighted by molar-refractivity contribution is 7.10. The molecule has 0 unspecified atom stereocenters. The molecule has 3 atom stereocenters. The van der Waals surface area contributed by atoms with Crippen LogP contribution < -0.4 is 10.6 Å². The molecule has 5 rings (SSSR count). The fraction of sp³-hybridized carbons (Fsp3) is 0.281. The third-order valence-corrected chi connectivity index (χ3v) is 9.09. The number of allylic oxidation sites excluding steroid dienone is 2. The van der Waals surface area contributed by atoms with E-state index in [2.05, 4.69) is 0 Å². The molecular formula is C32H30ClFN2O5S. The lowest BCUT2D eigenvalue weighted by molar-refractivity contribution is -0.152. The molecule has 218 valence electrons. The number of esters is 2. The number of rotatable bonds is 7. The van der Waals surface area contributed by atoms with Crippen LogP contribution in [0.3, 0.4) is 0 Å². The number of hydrogen-bond donors (Lipinski definition) is 1. The van der Waals surface area contributed by atoms with Crippen LogP contribution in [-0.4, -0.2) is 30.9 Å². The van der Waals surface area contributed by atoms with Gasteiger partial charge in [0.1, 0.15) is 17.6 Å². The van der Waals surface area contributed by atoms with E-state index in [4.69, 9.17) is 26.8 Å². The van der Waals surface area contributed by atoms with Gasteiger partial charge in [-0.2, -0.15) is 0 Å². The van der Waals surface area contributed by atoms with Crippen molar-refractivity contribution >= 4 is 46.3 Å². The Kier molecular flexibility index (Phi) is 8.52. The van der Waals surface area contributed by atoms with Crippen LogP contribution in [0.1, 0.15) is 48.1 Å². The van der Waals surface area contributed by atoms with Crippen LogP contribution in [0.15, 0.2) is 82.6 Å². The number of nitrogens with zero attached hydrogens (tertiary/aromatic N) is 1. The number of benzene rings is 2. The molecule has 1 aliphatic heterocycles. The summed E-state index contributed by atoms with van der Waals surface area (Å²) in [5, 5.41) is 2.33. The van der Waals surface area contributed by atoms with Gasteiger partial charge in [-0.1, -0.05) is 41.9 Å². The number of hydrogen-bond acceptors (Lipinski definition) is 8. The first kappa shape index (κ1) is 29.5. The van der Waals surface area contributed by atoms with Gasteiger partial charge in [-0.05, 0) is 62.4 Å². The quantitative estimate of drug-likeness (QED) is 0.246. The molecule has 1 aliphatic carbocycles. The van der Waals surface area contributed by atoms with E-state index in [0.717, 1.165) is 4.88 Å². The number of thiophene rings is 1. The smallest absolute Gasteiger partial charge is 0.338 e. The van der Waals surface area contributed by atoms with Crippen molar-refractivity contribution in [3.63, 3.8) is 0 Å². The third-order valence-electron chi connectivity index (χ3n) is 7.68. The SMILES string of the molecule is CCOC(=O)C1=C(N)N(c2cccc(Cl)c2C)C2=C(C(=O)[C@@H](C(=O)OCC)[C@H](c3cccs3)C2)[C@@H]1c1ccccc1F. The number of halogens is 2. The minimum absolute atomic E-state index is 0.00173. The van der Waals surface area contributed by atoms with Gasteiger partial charge >= 0.3 is 11.9 Å². The largest absolute Gasteiger partial charge is 0.465 e. The number of carbonyl (C=O) groups is 3. The molecule has 2 aliphatic rings. The van der Waals surface area contributed by atoms with E-state index in [1.165, 1.54) is 29.5 Å². The molecule has 2 heterocycles. The average Bonchev–Trinajstić information content (AvgIpc) is 3.50. The van der Waals surface area contributed by atoms with E-state index < -0.39 is 41.3 Å². The molecule has 42 heavy (non-hydrogen) atoms.